The highest BCUT2D eigenvalue weighted by Crippen LogP contribution is 2.33. The first kappa shape index (κ1) is 16.3. The number of rotatable bonds is 3. The molecule has 2 heterocycles. The minimum absolute atomic E-state index is 0.193. The summed E-state index contributed by atoms with van der Waals surface area (Å²) in [6, 6.07) is 18.1. The fraction of sp³-hybridized carbons (Fsp3) is 0.182. The molecule has 2 aromatic carbocycles. The predicted molar refractivity (Wildman–Crippen MR) is 105 cm³/mol. The van der Waals surface area contributed by atoms with Crippen LogP contribution in [0.25, 0.3) is 0 Å². The third kappa shape index (κ3) is 3.06. The number of aromatic nitrogens is 1. The lowest BCUT2D eigenvalue weighted by Gasteiger charge is -2.19. The molecular formula is C22H21N3O. The van der Waals surface area contributed by atoms with Crippen LogP contribution in [-0.4, -0.2) is 17.4 Å². The molecule has 4 nitrogen and oxygen atoms in total. The fourth-order valence-electron chi connectivity index (χ4n) is 3.30. The summed E-state index contributed by atoms with van der Waals surface area (Å²) in [6.45, 7) is 5.03. The zero-order valence-corrected chi connectivity index (χ0v) is 15.0. The van der Waals surface area contributed by atoms with E-state index < -0.39 is 0 Å². The van der Waals surface area contributed by atoms with Gasteiger partial charge in [-0.2, -0.15) is 0 Å². The number of benzene rings is 2. The molecule has 3 aromatic rings. The van der Waals surface area contributed by atoms with E-state index in [0.29, 0.717) is 5.69 Å². The lowest BCUT2D eigenvalue weighted by Crippen LogP contribution is -2.16. The van der Waals surface area contributed by atoms with Gasteiger partial charge in [0, 0.05) is 17.9 Å². The van der Waals surface area contributed by atoms with E-state index in [4.69, 9.17) is 0 Å². The predicted octanol–water partition coefficient (Wildman–Crippen LogP) is 4.64. The summed E-state index contributed by atoms with van der Waals surface area (Å²) in [5.74, 6) is -0.193. The van der Waals surface area contributed by atoms with Gasteiger partial charge in [-0.25, -0.2) is 4.98 Å². The molecule has 0 atom stereocenters. The Labute approximate surface area is 153 Å². The summed E-state index contributed by atoms with van der Waals surface area (Å²) in [5.41, 5.74) is 7.15. The van der Waals surface area contributed by atoms with Gasteiger partial charge in [0.15, 0.2) is 0 Å². The van der Waals surface area contributed by atoms with Crippen molar-refractivity contribution in [1.29, 1.82) is 0 Å². The van der Waals surface area contributed by atoms with Crippen LogP contribution in [0.3, 0.4) is 0 Å². The van der Waals surface area contributed by atoms with Crippen LogP contribution in [0.5, 0.6) is 0 Å². The minimum Gasteiger partial charge on any atom is -0.340 e. The first-order valence-electron chi connectivity index (χ1n) is 8.82. The minimum atomic E-state index is -0.193. The Morgan fingerprint density at radius 1 is 1.04 bits per heavy atom. The van der Waals surface area contributed by atoms with Crippen molar-refractivity contribution in [1.82, 2.24) is 4.98 Å². The SMILES string of the molecule is Cc1ccc(NC(=O)c2ccc(N3CCc4ccccc43)cn2)cc1C. The quantitative estimate of drug-likeness (QED) is 0.753. The third-order valence-electron chi connectivity index (χ3n) is 4.94. The molecule has 1 aliphatic rings. The van der Waals surface area contributed by atoms with E-state index in [2.05, 4.69) is 46.4 Å². The zero-order valence-electron chi connectivity index (χ0n) is 15.0. The Hall–Kier alpha value is -3.14. The van der Waals surface area contributed by atoms with Crippen molar-refractivity contribution in [3.8, 4) is 0 Å². The molecule has 0 aliphatic carbocycles. The van der Waals surface area contributed by atoms with Crippen molar-refractivity contribution in [2.75, 3.05) is 16.8 Å². The standard InChI is InChI=1S/C22H21N3O/c1-15-7-8-18(13-16(15)2)24-22(26)20-10-9-19(14-23-20)25-12-11-17-5-3-4-6-21(17)25/h3-10,13-14H,11-12H2,1-2H3,(H,24,26). The maximum absolute atomic E-state index is 12.5. The van der Waals surface area contributed by atoms with Crippen LogP contribution in [0.15, 0.2) is 60.8 Å². The van der Waals surface area contributed by atoms with Crippen LogP contribution < -0.4 is 10.2 Å². The van der Waals surface area contributed by atoms with Gasteiger partial charge >= 0.3 is 0 Å². The Morgan fingerprint density at radius 2 is 1.88 bits per heavy atom. The Bertz CT molecular complexity index is 963. The van der Waals surface area contributed by atoms with E-state index in [1.807, 2.05) is 31.2 Å². The van der Waals surface area contributed by atoms with Crippen LogP contribution in [0, 0.1) is 13.8 Å². The average Bonchev–Trinajstić information content (AvgIpc) is 3.09. The average molecular weight is 343 g/mol. The molecule has 1 amide bonds. The maximum atomic E-state index is 12.5. The molecule has 0 unspecified atom stereocenters. The lowest BCUT2D eigenvalue weighted by molar-refractivity contribution is 0.102. The number of amides is 1. The number of aryl methyl sites for hydroxylation is 2. The summed E-state index contributed by atoms with van der Waals surface area (Å²) in [5, 5.41) is 2.92. The summed E-state index contributed by atoms with van der Waals surface area (Å²) in [4.78, 5) is 19.1. The van der Waals surface area contributed by atoms with Crippen LogP contribution in [0.1, 0.15) is 27.2 Å². The van der Waals surface area contributed by atoms with E-state index in [1.165, 1.54) is 16.8 Å². The molecule has 0 radical (unpaired) electrons. The van der Waals surface area contributed by atoms with Gasteiger partial charge < -0.3 is 10.2 Å². The molecule has 130 valence electrons. The highest BCUT2D eigenvalue weighted by molar-refractivity contribution is 6.03. The van der Waals surface area contributed by atoms with Crippen molar-refractivity contribution < 1.29 is 4.79 Å². The normalized spacial score (nSPS) is 12.8. The Kier molecular flexibility index (Phi) is 4.17. The number of nitrogens with one attached hydrogen (secondary N) is 1. The molecule has 26 heavy (non-hydrogen) atoms. The molecule has 0 fully saturated rings. The highest BCUT2D eigenvalue weighted by atomic mass is 16.1. The lowest BCUT2D eigenvalue weighted by atomic mass is 10.1. The number of hydrogen-bond donors (Lipinski definition) is 1. The largest absolute Gasteiger partial charge is 0.340 e. The van der Waals surface area contributed by atoms with Gasteiger partial charge in [0.1, 0.15) is 5.69 Å². The number of pyridine rings is 1. The van der Waals surface area contributed by atoms with E-state index >= 15 is 0 Å². The van der Waals surface area contributed by atoms with Crippen LogP contribution in [0.4, 0.5) is 17.1 Å². The zero-order chi connectivity index (χ0) is 18.1. The number of para-hydroxylation sites is 1. The van der Waals surface area contributed by atoms with Crippen LogP contribution in [0.2, 0.25) is 0 Å². The molecule has 0 bridgehead atoms. The smallest absolute Gasteiger partial charge is 0.274 e. The first-order chi connectivity index (χ1) is 12.6. The molecule has 4 heteroatoms. The van der Waals surface area contributed by atoms with Gasteiger partial charge in [-0.1, -0.05) is 24.3 Å². The van der Waals surface area contributed by atoms with Crippen molar-refractivity contribution in [2.24, 2.45) is 0 Å². The molecule has 1 aromatic heterocycles. The molecular weight excluding hydrogens is 322 g/mol. The monoisotopic (exact) mass is 343 g/mol. The molecule has 4 rings (SSSR count). The third-order valence-corrected chi connectivity index (χ3v) is 4.94. The molecule has 0 spiro atoms. The van der Waals surface area contributed by atoms with Crippen molar-refractivity contribution in [2.45, 2.75) is 20.3 Å². The van der Waals surface area contributed by atoms with Gasteiger partial charge in [0.25, 0.3) is 5.91 Å². The summed E-state index contributed by atoms with van der Waals surface area (Å²) in [7, 11) is 0. The second-order valence-electron chi connectivity index (χ2n) is 6.69. The molecule has 0 saturated carbocycles. The summed E-state index contributed by atoms with van der Waals surface area (Å²) in [6.07, 6.45) is 2.81. The number of carbonyl (C=O) groups excluding carboxylic acids is 1. The Morgan fingerprint density at radius 3 is 2.65 bits per heavy atom. The van der Waals surface area contributed by atoms with E-state index in [1.54, 1.807) is 12.3 Å². The van der Waals surface area contributed by atoms with Gasteiger partial charge in [0.2, 0.25) is 0 Å². The van der Waals surface area contributed by atoms with E-state index in [-0.39, 0.29) is 5.91 Å². The first-order valence-corrected chi connectivity index (χ1v) is 8.82. The number of hydrogen-bond acceptors (Lipinski definition) is 3. The topological polar surface area (TPSA) is 45.2 Å². The number of fused-ring (bicyclic) bond motifs is 1. The van der Waals surface area contributed by atoms with Gasteiger partial charge in [0.05, 0.1) is 11.9 Å². The van der Waals surface area contributed by atoms with E-state index in [9.17, 15) is 4.79 Å². The molecule has 1 aliphatic heterocycles. The number of anilines is 3. The number of carbonyl (C=O) groups is 1. The second-order valence-corrected chi connectivity index (χ2v) is 6.69. The molecule has 0 saturated heterocycles. The van der Waals surface area contributed by atoms with Gasteiger partial charge in [-0.05, 0) is 67.3 Å². The summed E-state index contributed by atoms with van der Waals surface area (Å²) < 4.78 is 0. The maximum Gasteiger partial charge on any atom is 0.274 e. The number of nitrogens with zero attached hydrogens (tertiary/aromatic N) is 2. The second kappa shape index (κ2) is 6.64. The van der Waals surface area contributed by atoms with Crippen LogP contribution in [-0.2, 0) is 6.42 Å². The summed E-state index contributed by atoms with van der Waals surface area (Å²) >= 11 is 0. The van der Waals surface area contributed by atoms with E-state index in [0.717, 1.165) is 29.9 Å². The van der Waals surface area contributed by atoms with Crippen LogP contribution >= 0.6 is 0 Å². The van der Waals surface area contributed by atoms with Crippen molar-refractivity contribution in [3.63, 3.8) is 0 Å². The van der Waals surface area contributed by atoms with Gasteiger partial charge in [-0.15, -0.1) is 0 Å². The van der Waals surface area contributed by atoms with Crippen molar-refractivity contribution >= 4 is 23.0 Å². The van der Waals surface area contributed by atoms with Gasteiger partial charge in [-0.3, -0.25) is 4.79 Å². The Balaban J connectivity index is 1.51. The fourth-order valence-corrected chi connectivity index (χ4v) is 3.30. The molecule has 1 N–H and O–H groups in total. The van der Waals surface area contributed by atoms with Crippen molar-refractivity contribution in [3.05, 3.63) is 83.2 Å². The highest BCUT2D eigenvalue weighted by Gasteiger charge is 2.20.